The molecule has 0 saturated heterocycles. The zero-order valence-electron chi connectivity index (χ0n) is 11.1. The predicted octanol–water partition coefficient (Wildman–Crippen LogP) is 2.31. The number of halogens is 1. The molecule has 0 saturated carbocycles. The van der Waals surface area contributed by atoms with E-state index in [-0.39, 0.29) is 11.3 Å². The van der Waals surface area contributed by atoms with Crippen molar-refractivity contribution in [2.45, 2.75) is 11.3 Å². The number of carboxylic acids is 1. The topological polar surface area (TPSA) is 72.8 Å². The minimum absolute atomic E-state index is 0.0610. The van der Waals surface area contributed by atoms with Crippen LogP contribution in [-0.2, 0) is 20.3 Å². The second-order valence-corrected chi connectivity index (χ2v) is 6.41. The minimum Gasteiger partial charge on any atom is -0.478 e. The summed E-state index contributed by atoms with van der Waals surface area (Å²) in [6, 6.07) is 4.63. The SMILES string of the molecule is COCCCOCCS(=O)c1cc(Br)ccc1C(=O)O. The van der Waals surface area contributed by atoms with Crippen LogP contribution in [0.3, 0.4) is 0 Å². The second kappa shape index (κ2) is 9.23. The minimum atomic E-state index is -1.40. The normalized spacial score (nSPS) is 12.3. The summed E-state index contributed by atoms with van der Waals surface area (Å²) in [7, 11) is 0.221. The molecule has 0 amide bonds. The largest absolute Gasteiger partial charge is 0.478 e. The number of benzene rings is 1. The molecule has 5 nitrogen and oxygen atoms in total. The Bertz CT molecular complexity index is 478. The summed E-state index contributed by atoms with van der Waals surface area (Å²) in [5.74, 6) is -0.814. The lowest BCUT2D eigenvalue weighted by Gasteiger charge is -2.07. The van der Waals surface area contributed by atoms with Crippen LogP contribution >= 0.6 is 15.9 Å². The molecule has 1 rings (SSSR count). The van der Waals surface area contributed by atoms with Crippen molar-refractivity contribution in [1.29, 1.82) is 0 Å². The molecule has 0 aromatic heterocycles. The molecule has 1 N–H and O–H groups in total. The molecule has 112 valence electrons. The fourth-order valence-electron chi connectivity index (χ4n) is 1.51. The van der Waals surface area contributed by atoms with Gasteiger partial charge in [0.2, 0.25) is 0 Å². The van der Waals surface area contributed by atoms with Crippen molar-refractivity contribution < 1.29 is 23.6 Å². The quantitative estimate of drug-likeness (QED) is 0.680. The third-order valence-electron chi connectivity index (χ3n) is 2.47. The van der Waals surface area contributed by atoms with Crippen molar-refractivity contribution in [2.24, 2.45) is 0 Å². The van der Waals surface area contributed by atoms with Gasteiger partial charge in [-0.2, -0.15) is 0 Å². The Kier molecular flexibility index (Phi) is 7.98. The second-order valence-electron chi connectivity index (χ2n) is 3.95. The van der Waals surface area contributed by atoms with Gasteiger partial charge in [0, 0.05) is 24.8 Å². The fraction of sp³-hybridized carbons (Fsp3) is 0.462. The summed E-state index contributed by atoms with van der Waals surface area (Å²) in [6.45, 7) is 1.48. The first-order chi connectivity index (χ1) is 9.56. The summed E-state index contributed by atoms with van der Waals surface area (Å²) >= 11 is 3.25. The Balaban J connectivity index is 2.54. The molecular formula is C13H17BrO5S. The van der Waals surface area contributed by atoms with Crippen LogP contribution in [0.15, 0.2) is 27.6 Å². The molecule has 0 spiro atoms. The summed E-state index contributed by atoms with van der Waals surface area (Å²) in [6.07, 6.45) is 0.778. The smallest absolute Gasteiger partial charge is 0.336 e. The lowest BCUT2D eigenvalue weighted by atomic mass is 10.2. The summed E-state index contributed by atoms with van der Waals surface area (Å²) in [4.78, 5) is 11.4. The van der Waals surface area contributed by atoms with Crippen LogP contribution in [0.5, 0.6) is 0 Å². The first-order valence-corrected chi connectivity index (χ1v) is 8.15. The molecule has 1 unspecified atom stereocenters. The number of hydrogen-bond donors (Lipinski definition) is 1. The van der Waals surface area contributed by atoms with E-state index in [9.17, 15) is 9.00 Å². The zero-order valence-corrected chi connectivity index (χ0v) is 13.5. The van der Waals surface area contributed by atoms with Crippen LogP contribution in [0.2, 0.25) is 0 Å². The molecule has 1 aromatic rings. The monoisotopic (exact) mass is 364 g/mol. The molecule has 0 aliphatic carbocycles. The zero-order chi connectivity index (χ0) is 15.0. The van der Waals surface area contributed by atoms with Crippen molar-refractivity contribution in [3.63, 3.8) is 0 Å². The van der Waals surface area contributed by atoms with Crippen molar-refractivity contribution in [2.75, 3.05) is 32.7 Å². The molecule has 0 aliphatic heterocycles. The van der Waals surface area contributed by atoms with Crippen molar-refractivity contribution in [3.8, 4) is 0 Å². The van der Waals surface area contributed by atoms with E-state index < -0.39 is 16.8 Å². The van der Waals surface area contributed by atoms with Crippen molar-refractivity contribution in [3.05, 3.63) is 28.2 Å². The number of methoxy groups -OCH3 is 1. The maximum Gasteiger partial charge on any atom is 0.336 e. The Morgan fingerprint density at radius 3 is 2.75 bits per heavy atom. The summed E-state index contributed by atoms with van der Waals surface area (Å²) < 4.78 is 23.0. The van der Waals surface area contributed by atoms with Gasteiger partial charge in [0.25, 0.3) is 0 Å². The van der Waals surface area contributed by atoms with Crippen LogP contribution in [0.4, 0.5) is 0 Å². The molecule has 0 radical (unpaired) electrons. The number of carboxylic acid groups (broad SMARTS) is 1. The van der Waals surface area contributed by atoms with Gasteiger partial charge in [0.05, 0.1) is 33.6 Å². The highest BCUT2D eigenvalue weighted by atomic mass is 79.9. The van der Waals surface area contributed by atoms with Gasteiger partial charge in [0.15, 0.2) is 0 Å². The van der Waals surface area contributed by atoms with Crippen LogP contribution < -0.4 is 0 Å². The Morgan fingerprint density at radius 2 is 2.10 bits per heavy atom. The number of aromatic carboxylic acids is 1. The maximum absolute atomic E-state index is 12.1. The van der Waals surface area contributed by atoms with E-state index in [1.165, 1.54) is 6.07 Å². The van der Waals surface area contributed by atoms with Gasteiger partial charge in [-0.15, -0.1) is 0 Å². The van der Waals surface area contributed by atoms with Crippen LogP contribution in [0.25, 0.3) is 0 Å². The van der Waals surface area contributed by atoms with Crippen molar-refractivity contribution in [1.82, 2.24) is 0 Å². The summed E-state index contributed by atoms with van der Waals surface area (Å²) in [5, 5.41) is 9.08. The fourth-order valence-corrected chi connectivity index (χ4v) is 3.17. The van der Waals surface area contributed by atoms with E-state index in [0.717, 1.165) is 6.42 Å². The lowest BCUT2D eigenvalue weighted by molar-refractivity contribution is 0.0692. The van der Waals surface area contributed by atoms with Gasteiger partial charge in [-0.25, -0.2) is 4.79 Å². The molecule has 1 atom stereocenters. The molecule has 1 aromatic carbocycles. The van der Waals surface area contributed by atoms with E-state index in [1.807, 2.05) is 0 Å². The van der Waals surface area contributed by atoms with Crippen LogP contribution in [0, 0.1) is 0 Å². The Morgan fingerprint density at radius 1 is 1.35 bits per heavy atom. The molecule has 0 fully saturated rings. The Labute approximate surface area is 128 Å². The third-order valence-corrected chi connectivity index (χ3v) is 4.33. The van der Waals surface area contributed by atoms with Gasteiger partial charge in [-0.05, 0) is 24.6 Å². The van der Waals surface area contributed by atoms with Crippen molar-refractivity contribution >= 4 is 32.7 Å². The number of rotatable bonds is 9. The first kappa shape index (κ1) is 17.3. The number of hydrogen-bond acceptors (Lipinski definition) is 4. The molecule has 7 heteroatoms. The number of carbonyl (C=O) groups is 1. The molecule has 20 heavy (non-hydrogen) atoms. The third kappa shape index (κ3) is 5.70. The van der Waals surface area contributed by atoms with Crippen LogP contribution in [0.1, 0.15) is 16.8 Å². The standard InChI is InChI=1S/C13H17BrO5S/c1-18-5-2-6-19-7-8-20(17)12-9-10(14)3-4-11(12)13(15)16/h3-4,9H,2,5-8H2,1H3,(H,15,16). The van der Waals surface area contributed by atoms with Gasteiger partial charge in [-0.3, -0.25) is 4.21 Å². The van der Waals surface area contributed by atoms with E-state index in [0.29, 0.717) is 29.2 Å². The lowest BCUT2D eigenvalue weighted by Crippen LogP contribution is -2.11. The molecule has 0 heterocycles. The van der Waals surface area contributed by atoms with Crippen LogP contribution in [-0.4, -0.2) is 48.0 Å². The molecular weight excluding hydrogens is 348 g/mol. The van der Waals surface area contributed by atoms with Gasteiger partial charge in [0.1, 0.15) is 0 Å². The highest BCUT2D eigenvalue weighted by Gasteiger charge is 2.15. The van der Waals surface area contributed by atoms with E-state index in [1.54, 1.807) is 19.2 Å². The molecule has 0 aliphatic rings. The highest BCUT2D eigenvalue weighted by molar-refractivity contribution is 9.10. The summed E-state index contributed by atoms with van der Waals surface area (Å²) in [5.41, 5.74) is 0.0610. The Hall–Kier alpha value is -0.760. The molecule has 0 bridgehead atoms. The van der Waals surface area contributed by atoms with Gasteiger partial charge >= 0.3 is 5.97 Å². The number of ether oxygens (including phenoxy) is 2. The first-order valence-electron chi connectivity index (χ1n) is 6.04. The van der Waals surface area contributed by atoms with E-state index >= 15 is 0 Å². The van der Waals surface area contributed by atoms with Gasteiger partial charge < -0.3 is 14.6 Å². The van der Waals surface area contributed by atoms with E-state index in [4.69, 9.17) is 14.6 Å². The van der Waals surface area contributed by atoms with E-state index in [2.05, 4.69) is 15.9 Å². The average molecular weight is 365 g/mol. The average Bonchev–Trinajstić information content (AvgIpc) is 2.42. The highest BCUT2D eigenvalue weighted by Crippen LogP contribution is 2.20. The maximum atomic E-state index is 12.1. The van der Waals surface area contributed by atoms with Gasteiger partial charge in [-0.1, -0.05) is 15.9 Å². The predicted molar refractivity (Wildman–Crippen MR) is 79.7 cm³/mol.